The predicted molar refractivity (Wildman–Crippen MR) is 43.9 cm³/mol. The smallest absolute Gasteiger partial charge is 0.157 e. The largest absolute Gasteiger partial charge is 0.378 e. The van der Waals surface area contributed by atoms with Gasteiger partial charge in [0.1, 0.15) is 0 Å². The second-order valence-corrected chi connectivity index (χ2v) is 3.38. The van der Waals surface area contributed by atoms with E-state index in [1.165, 1.54) is 12.8 Å². The van der Waals surface area contributed by atoms with Gasteiger partial charge in [0.25, 0.3) is 0 Å². The van der Waals surface area contributed by atoms with Gasteiger partial charge in [-0.1, -0.05) is 0 Å². The van der Waals surface area contributed by atoms with Gasteiger partial charge in [0, 0.05) is 13.0 Å². The van der Waals surface area contributed by atoms with Crippen LogP contribution in [0.3, 0.4) is 0 Å². The van der Waals surface area contributed by atoms with Crippen LogP contribution in [-0.4, -0.2) is 32.2 Å². The van der Waals surface area contributed by atoms with Gasteiger partial charge in [-0.25, -0.2) is 0 Å². The molecule has 70 valence electrons. The topological polar surface area (TPSA) is 27.7 Å². The van der Waals surface area contributed by atoms with Crippen LogP contribution in [-0.2, 0) is 14.2 Å². The van der Waals surface area contributed by atoms with Crippen LogP contribution in [0.25, 0.3) is 0 Å². The summed E-state index contributed by atoms with van der Waals surface area (Å²) in [6.45, 7) is 2.46. The Bertz CT molecular complexity index is 110. The zero-order valence-electron chi connectivity index (χ0n) is 7.33. The SMILES string of the molecule is C1COC(CCC2OCCO2)C1. The summed E-state index contributed by atoms with van der Waals surface area (Å²) in [6, 6.07) is 0. The highest BCUT2D eigenvalue weighted by Crippen LogP contribution is 2.20. The van der Waals surface area contributed by atoms with E-state index in [1.54, 1.807) is 0 Å². The highest BCUT2D eigenvalue weighted by molar-refractivity contribution is 4.66. The van der Waals surface area contributed by atoms with E-state index in [0.717, 1.165) is 32.7 Å². The molecule has 0 spiro atoms. The molecule has 0 aromatic heterocycles. The lowest BCUT2D eigenvalue weighted by Crippen LogP contribution is -2.13. The van der Waals surface area contributed by atoms with E-state index in [9.17, 15) is 0 Å². The average molecular weight is 172 g/mol. The quantitative estimate of drug-likeness (QED) is 0.642. The molecule has 0 amide bonds. The van der Waals surface area contributed by atoms with Crippen LogP contribution in [0.2, 0.25) is 0 Å². The van der Waals surface area contributed by atoms with Crippen molar-refractivity contribution in [3.05, 3.63) is 0 Å². The minimum Gasteiger partial charge on any atom is -0.378 e. The molecule has 0 aromatic carbocycles. The number of rotatable bonds is 3. The third-order valence-electron chi connectivity index (χ3n) is 2.44. The fourth-order valence-electron chi connectivity index (χ4n) is 1.77. The molecule has 0 radical (unpaired) electrons. The summed E-state index contributed by atoms with van der Waals surface area (Å²) >= 11 is 0. The van der Waals surface area contributed by atoms with Crippen LogP contribution in [0, 0.1) is 0 Å². The van der Waals surface area contributed by atoms with Crippen LogP contribution in [0.5, 0.6) is 0 Å². The molecule has 0 aliphatic carbocycles. The maximum absolute atomic E-state index is 5.50. The molecule has 3 heteroatoms. The Hall–Kier alpha value is -0.120. The van der Waals surface area contributed by atoms with Crippen LogP contribution in [0.15, 0.2) is 0 Å². The van der Waals surface area contributed by atoms with E-state index in [0.29, 0.717) is 6.10 Å². The predicted octanol–water partition coefficient (Wildman–Crippen LogP) is 1.32. The molecule has 0 N–H and O–H groups in total. The minimum absolute atomic E-state index is 0.0502. The second-order valence-electron chi connectivity index (χ2n) is 3.38. The van der Waals surface area contributed by atoms with Crippen LogP contribution in [0.4, 0.5) is 0 Å². The van der Waals surface area contributed by atoms with Gasteiger partial charge >= 0.3 is 0 Å². The first-order valence-electron chi connectivity index (χ1n) is 4.80. The van der Waals surface area contributed by atoms with E-state index in [1.807, 2.05) is 0 Å². The van der Waals surface area contributed by atoms with Gasteiger partial charge in [-0.2, -0.15) is 0 Å². The maximum Gasteiger partial charge on any atom is 0.157 e. The van der Waals surface area contributed by atoms with Crippen molar-refractivity contribution in [3.63, 3.8) is 0 Å². The molecule has 2 rings (SSSR count). The Balaban J connectivity index is 1.60. The van der Waals surface area contributed by atoms with Gasteiger partial charge in [0.2, 0.25) is 0 Å². The zero-order chi connectivity index (χ0) is 8.23. The Morgan fingerprint density at radius 3 is 2.42 bits per heavy atom. The first-order valence-corrected chi connectivity index (χ1v) is 4.80. The third kappa shape index (κ3) is 2.19. The van der Waals surface area contributed by atoms with Crippen LogP contribution >= 0.6 is 0 Å². The molecule has 0 bridgehead atoms. The summed E-state index contributed by atoms with van der Waals surface area (Å²) in [5.41, 5.74) is 0. The molecule has 12 heavy (non-hydrogen) atoms. The molecule has 0 saturated carbocycles. The summed E-state index contributed by atoms with van der Waals surface area (Å²) in [5, 5.41) is 0. The zero-order valence-corrected chi connectivity index (χ0v) is 7.33. The molecule has 1 atom stereocenters. The van der Waals surface area contributed by atoms with Gasteiger partial charge in [-0.05, 0) is 19.3 Å². The third-order valence-corrected chi connectivity index (χ3v) is 2.44. The lowest BCUT2D eigenvalue weighted by atomic mass is 10.1. The molecule has 2 heterocycles. The Kier molecular flexibility index (Phi) is 2.98. The summed E-state index contributed by atoms with van der Waals surface area (Å²) in [6.07, 6.45) is 5.03. The van der Waals surface area contributed by atoms with Crippen molar-refractivity contribution in [2.24, 2.45) is 0 Å². The standard InChI is InChI=1S/C9H16O3/c1-2-8(10-5-1)3-4-9-11-6-7-12-9/h8-9H,1-7H2. The number of ether oxygens (including phenoxy) is 3. The van der Waals surface area contributed by atoms with Gasteiger partial charge in [-0.15, -0.1) is 0 Å². The first-order chi connectivity index (χ1) is 5.95. The Labute approximate surface area is 73.0 Å². The van der Waals surface area contributed by atoms with E-state index in [2.05, 4.69) is 0 Å². The summed E-state index contributed by atoms with van der Waals surface area (Å²) in [7, 11) is 0. The van der Waals surface area contributed by atoms with Gasteiger partial charge in [0.05, 0.1) is 19.3 Å². The van der Waals surface area contributed by atoms with Crippen molar-refractivity contribution >= 4 is 0 Å². The van der Waals surface area contributed by atoms with Crippen LogP contribution < -0.4 is 0 Å². The van der Waals surface area contributed by atoms with Gasteiger partial charge in [0.15, 0.2) is 6.29 Å². The molecule has 1 unspecified atom stereocenters. The maximum atomic E-state index is 5.50. The molecule has 2 aliphatic heterocycles. The second kappa shape index (κ2) is 4.21. The van der Waals surface area contributed by atoms with Crippen molar-refractivity contribution in [2.45, 2.75) is 38.1 Å². The summed E-state index contributed by atoms with van der Waals surface area (Å²) in [4.78, 5) is 0. The van der Waals surface area contributed by atoms with Crippen molar-refractivity contribution in [1.29, 1.82) is 0 Å². The lowest BCUT2D eigenvalue weighted by Gasteiger charge is -2.12. The van der Waals surface area contributed by atoms with Crippen molar-refractivity contribution in [1.82, 2.24) is 0 Å². The number of hydrogen-bond donors (Lipinski definition) is 0. The fourth-order valence-corrected chi connectivity index (χ4v) is 1.77. The highest BCUT2D eigenvalue weighted by atomic mass is 16.7. The van der Waals surface area contributed by atoms with Crippen LogP contribution in [0.1, 0.15) is 25.7 Å². The van der Waals surface area contributed by atoms with Crippen molar-refractivity contribution < 1.29 is 14.2 Å². The Morgan fingerprint density at radius 2 is 1.75 bits per heavy atom. The average Bonchev–Trinajstić information content (AvgIpc) is 2.74. The van der Waals surface area contributed by atoms with E-state index in [-0.39, 0.29) is 6.29 Å². The molecular weight excluding hydrogens is 156 g/mol. The molecule has 0 aromatic rings. The van der Waals surface area contributed by atoms with Gasteiger partial charge in [-0.3, -0.25) is 0 Å². The molecule has 2 fully saturated rings. The first kappa shape index (κ1) is 8.48. The molecule has 2 saturated heterocycles. The lowest BCUT2D eigenvalue weighted by molar-refractivity contribution is -0.0552. The Morgan fingerprint density at radius 1 is 0.917 bits per heavy atom. The monoisotopic (exact) mass is 172 g/mol. The molecular formula is C9H16O3. The van der Waals surface area contributed by atoms with E-state index in [4.69, 9.17) is 14.2 Å². The van der Waals surface area contributed by atoms with Crippen molar-refractivity contribution in [2.75, 3.05) is 19.8 Å². The molecule has 3 nitrogen and oxygen atoms in total. The fraction of sp³-hybridized carbons (Fsp3) is 1.00. The van der Waals surface area contributed by atoms with Crippen molar-refractivity contribution in [3.8, 4) is 0 Å². The summed E-state index contributed by atoms with van der Waals surface area (Å²) in [5.74, 6) is 0. The minimum atomic E-state index is 0.0502. The normalized spacial score (nSPS) is 31.5. The summed E-state index contributed by atoms with van der Waals surface area (Å²) < 4.78 is 16.2. The molecule has 2 aliphatic rings. The highest BCUT2D eigenvalue weighted by Gasteiger charge is 2.20. The van der Waals surface area contributed by atoms with Gasteiger partial charge < -0.3 is 14.2 Å². The van der Waals surface area contributed by atoms with E-state index < -0.39 is 0 Å². The van der Waals surface area contributed by atoms with E-state index >= 15 is 0 Å². The number of hydrogen-bond acceptors (Lipinski definition) is 3.